The first-order valence-electron chi connectivity index (χ1n) is 8.37. The van der Waals surface area contributed by atoms with Crippen molar-refractivity contribution in [2.24, 2.45) is 0 Å². The van der Waals surface area contributed by atoms with Gasteiger partial charge in [0.05, 0.1) is 12.8 Å². The van der Waals surface area contributed by atoms with E-state index >= 15 is 0 Å². The number of aromatic nitrogens is 2. The zero-order chi connectivity index (χ0) is 20.1. The van der Waals surface area contributed by atoms with E-state index in [0.717, 1.165) is 17.7 Å². The highest BCUT2D eigenvalue weighted by molar-refractivity contribution is 5.94. The van der Waals surface area contributed by atoms with Gasteiger partial charge in [-0.05, 0) is 37.3 Å². The zero-order valence-corrected chi connectivity index (χ0v) is 15.1. The molecular formula is C20H17F2N3O3. The van der Waals surface area contributed by atoms with E-state index < -0.39 is 23.6 Å². The maximum atomic E-state index is 13.6. The van der Waals surface area contributed by atoms with Gasteiger partial charge in [0.1, 0.15) is 5.82 Å². The molecule has 0 aliphatic rings. The van der Waals surface area contributed by atoms with E-state index in [1.54, 1.807) is 36.4 Å². The molecule has 2 aromatic carbocycles. The number of anilines is 1. The number of nitrogens with zero attached hydrogens (tertiary/aromatic N) is 2. The Hall–Kier alpha value is -3.55. The van der Waals surface area contributed by atoms with Crippen molar-refractivity contribution in [3.05, 3.63) is 66.2 Å². The normalized spacial score (nSPS) is 11.6. The smallest absolute Gasteiger partial charge is 0.265 e. The van der Waals surface area contributed by atoms with Crippen molar-refractivity contribution in [2.45, 2.75) is 13.0 Å². The summed E-state index contributed by atoms with van der Waals surface area (Å²) in [7, 11) is 1.51. The van der Waals surface area contributed by atoms with E-state index in [0.29, 0.717) is 23.3 Å². The van der Waals surface area contributed by atoms with Crippen LogP contribution < -0.4 is 14.8 Å². The van der Waals surface area contributed by atoms with E-state index in [1.807, 2.05) is 0 Å². The number of halogens is 2. The van der Waals surface area contributed by atoms with Crippen LogP contribution in [0.3, 0.4) is 0 Å². The monoisotopic (exact) mass is 385 g/mol. The molecule has 144 valence electrons. The van der Waals surface area contributed by atoms with Crippen LogP contribution in [0.15, 0.2) is 54.6 Å². The molecule has 3 aromatic rings. The van der Waals surface area contributed by atoms with Crippen LogP contribution in [0, 0.1) is 11.6 Å². The summed E-state index contributed by atoms with van der Waals surface area (Å²) in [6.45, 7) is 1.47. The number of benzene rings is 2. The Morgan fingerprint density at radius 2 is 1.79 bits per heavy atom. The van der Waals surface area contributed by atoms with Crippen molar-refractivity contribution in [3.63, 3.8) is 0 Å². The number of hydrogen-bond acceptors (Lipinski definition) is 5. The van der Waals surface area contributed by atoms with Gasteiger partial charge in [-0.15, -0.1) is 10.2 Å². The standard InChI is InChI=1S/C20H17F2N3O3/c1-12(28-18-9-5-14(21)11-16(18)22)20(26)23-15-6-3-13(4-7-15)17-8-10-19(27-2)25-24-17/h3-12H,1-2H3,(H,23,26). The van der Waals surface area contributed by atoms with Gasteiger partial charge in [-0.3, -0.25) is 4.79 Å². The summed E-state index contributed by atoms with van der Waals surface area (Å²) in [5.41, 5.74) is 2.00. The van der Waals surface area contributed by atoms with Crippen molar-refractivity contribution >= 4 is 11.6 Å². The fraction of sp³-hybridized carbons (Fsp3) is 0.150. The number of carbonyl (C=O) groups is 1. The molecule has 3 rings (SSSR count). The Morgan fingerprint density at radius 3 is 2.39 bits per heavy atom. The number of methoxy groups -OCH3 is 1. The van der Waals surface area contributed by atoms with Gasteiger partial charge in [-0.25, -0.2) is 8.78 Å². The van der Waals surface area contributed by atoms with E-state index in [-0.39, 0.29) is 5.75 Å². The van der Waals surface area contributed by atoms with E-state index in [9.17, 15) is 13.6 Å². The van der Waals surface area contributed by atoms with Crippen LogP contribution in [-0.4, -0.2) is 29.3 Å². The minimum Gasteiger partial charge on any atom is -0.480 e. The molecule has 0 spiro atoms. The summed E-state index contributed by atoms with van der Waals surface area (Å²) < 4.78 is 36.8. The van der Waals surface area contributed by atoms with Crippen molar-refractivity contribution in [2.75, 3.05) is 12.4 Å². The molecule has 6 nitrogen and oxygen atoms in total. The number of carbonyl (C=O) groups excluding carboxylic acids is 1. The van der Waals surface area contributed by atoms with Crippen LogP contribution in [0.4, 0.5) is 14.5 Å². The lowest BCUT2D eigenvalue weighted by molar-refractivity contribution is -0.122. The number of hydrogen-bond donors (Lipinski definition) is 1. The summed E-state index contributed by atoms with van der Waals surface area (Å²) in [6, 6.07) is 13.3. The molecule has 28 heavy (non-hydrogen) atoms. The average Bonchev–Trinajstić information content (AvgIpc) is 2.70. The molecule has 1 heterocycles. The summed E-state index contributed by atoms with van der Waals surface area (Å²) in [6.07, 6.45) is -0.980. The second-order valence-electron chi connectivity index (χ2n) is 5.86. The van der Waals surface area contributed by atoms with E-state index in [2.05, 4.69) is 15.5 Å². The van der Waals surface area contributed by atoms with Gasteiger partial charge in [-0.1, -0.05) is 12.1 Å². The topological polar surface area (TPSA) is 73.3 Å². The third-order valence-corrected chi connectivity index (χ3v) is 3.86. The molecule has 0 saturated carbocycles. The predicted molar refractivity (Wildman–Crippen MR) is 99.1 cm³/mol. The zero-order valence-electron chi connectivity index (χ0n) is 15.1. The summed E-state index contributed by atoms with van der Waals surface area (Å²) in [5.74, 6) is -1.84. The Morgan fingerprint density at radius 1 is 1.04 bits per heavy atom. The second kappa shape index (κ2) is 8.43. The van der Waals surface area contributed by atoms with E-state index in [4.69, 9.17) is 9.47 Å². The maximum Gasteiger partial charge on any atom is 0.265 e. The molecule has 1 aromatic heterocycles. The average molecular weight is 385 g/mol. The fourth-order valence-electron chi connectivity index (χ4n) is 2.37. The number of rotatable bonds is 6. The number of amides is 1. The van der Waals surface area contributed by atoms with Crippen LogP contribution in [0.1, 0.15) is 6.92 Å². The van der Waals surface area contributed by atoms with Crippen LogP contribution in [0.25, 0.3) is 11.3 Å². The molecule has 1 N–H and O–H groups in total. The van der Waals surface area contributed by atoms with Gasteiger partial charge in [0.25, 0.3) is 5.91 Å². The maximum absolute atomic E-state index is 13.6. The second-order valence-corrected chi connectivity index (χ2v) is 5.86. The minimum absolute atomic E-state index is 0.197. The molecule has 1 atom stereocenters. The lowest BCUT2D eigenvalue weighted by Gasteiger charge is -2.15. The molecule has 0 aliphatic heterocycles. The van der Waals surface area contributed by atoms with Gasteiger partial charge < -0.3 is 14.8 Å². The van der Waals surface area contributed by atoms with E-state index in [1.165, 1.54) is 14.0 Å². The molecule has 1 amide bonds. The fourth-order valence-corrected chi connectivity index (χ4v) is 2.37. The highest BCUT2D eigenvalue weighted by atomic mass is 19.1. The SMILES string of the molecule is COc1ccc(-c2ccc(NC(=O)C(C)Oc3ccc(F)cc3F)cc2)nn1. The van der Waals surface area contributed by atoms with Crippen LogP contribution in [0.2, 0.25) is 0 Å². The first-order chi connectivity index (χ1) is 13.5. The summed E-state index contributed by atoms with van der Waals surface area (Å²) in [4.78, 5) is 12.3. The highest BCUT2D eigenvalue weighted by Crippen LogP contribution is 2.22. The Labute approximate surface area is 160 Å². The Balaban J connectivity index is 1.63. The predicted octanol–water partition coefficient (Wildman–Crippen LogP) is 3.84. The summed E-state index contributed by atoms with van der Waals surface area (Å²) in [5, 5.41) is 10.6. The van der Waals surface area contributed by atoms with Crippen LogP contribution in [0.5, 0.6) is 11.6 Å². The van der Waals surface area contributed by atoms with Gasteiger partial charge in [0.2, 0.25) is 5.88 Å². The van der Waals surface area contributed by atoms with Crippen LogP contribution in [-0.2, 0) is 4.79 Å². The van der Waals surface area contributed by atoms with Crippen molar-refractivity contribution < 1.29 is 23.0 Å². The molecule has 0 bridgehead atoms. The molecule has 0 radical (unpaired) electrons. The highest BCUT2D eigenvalue weighted by Gasteiger charge is 2.17. The minimum atomic E-state index is -0.980. The Kier molecular flexibility index (Phi) is 5.78. The largest absolute Gasteiger partial charge is 0.480 e. The lowest BCUT2D eigenvalue weighted by Crippen LogP contribution is -2.30. The molecular weight excluding hydrogens is 368 g/mol. The third-order valence-electron chi connectivity index (χ3n) is 3.86. The quantitative estimate of drug-likeness (QED) is 0.698. The van der Waals surface area contributed by atoms with Crippen molar-refractivity contribution in [3.8, 4) is 22.9 Å². The van der Waals surface area contributed by atoms with Gasteiger partial charge >= 0.3 is 0 Å². The Bertz CT molecular complexity index is 963. The number of nitrogens with one attached hydrogen (secondary N) is 1. The molecule has 8 heteroatoms. The lowest BCUT2D eigenvalue weighted by atomic mass is 10.1. The molecule has 0 fully saturated rings. The molecule has 0 saturated heterocycles. The molecule has 0 aliphatic carbocycles. The molecule has 1 unspecified atom stereocenters. The number of ether oxygens (including phenoxy) is 2. The first-order valence-corrected chi connectivity index (χ1v) is 8.37. The van der Waals surface area contributed by atoms with Gasteiger partial charge in [-0.2, -0.15) is 0 Å². The van der Waals surface area contributed by atoms with Crippen LogP contribution >= 0.6 is 0 Å². The first kappa shape index (κ1) is 19.2. The van der Waals surface area contributed by atoms with Crippen molar-refractivity contribution in [1.82, 2.24) is 10.2 Å². The third kappa shape index (κ3) is 4.59. The van der Waals surface area contributed by atoms with Gasteiger partial charge in [0.15, 0.2) is 17.7 Å². The van der Waals surface area contributed by atoms with Gasteiger partial charge in [0, 0.05) is 23.4 Å². The van der Waals surface area contributed by atoms with Crippen molar-refractivity contribution in [1.29, 1.82) is 0 Å². The summed E-state index contributed by atoms with van der Waals surface area (Å²) >= 11 is 0.